The van der Waals surface area contributed by atoms with Crippen molar-refractivity contribution in [1.82, 2.24) is 0 Å². The smallest absolute Gasteiger partial charge is 0.0475 e. The van der Waals surface area contributed by atoms with Gasteiger partial charge in [0.25, 0.3) is 0 Å². The van der Waals surface area contributed by atoms with Gasteiger partial charge in [0, 0.05) is 32.1 Å². The van der Waals surface area contributed by atoms with Gasteiger partial charge in [-0.25, -0.2) is 0 Å². The Morgan fingerprint density at radius 1 is 1.00 bits per heavy atom. The van der Waals surface area contributed by atoms with Gasteiger partial charge < -0.3 is 4.90 Å². The number of anilines is 2. The number of allylic oxidation sites excluding steroid dienone is 3. The summed E-state index contributed by atoms with van der Waals surface area (Å²) in [6.45, 7) is 3.91. The molecule has 4 aromatic rings. The molecule has 1 nitrogen and oxygen atoms in total. The summed E-state index contributed by atoms with van der Waals surface area (Å²) in [7, 11) is 0. The first kappa shape index (κ1) is 19.7. The minimum atomic E-state index is 0.162. The molecule has 0 bridgehead atoms. The summed E-state index contributed by atoms with van der Waals surface area (Å²) in [5, 5.41) is 3.44. The Morgan fingerprint density at radius 2 is 1.81 bits per heavy atom. The Balaban J connectivity index is 1.44. The molecule has 0 radical (unpaired) electrons. The third kappa shape index (κ3) is 3.16. The normalized spacial score (nSPS) is 21.2. The maximum Gasteiger partial charge on any atom is 0.0475 e. The predicted molar refractivity (Wildman–Crippen MR) is 141 cm³/mol. The van der Waals surface area contributed by atoms with E-state index < -0.39 is 0 Å². The van der Waals surface area contributed by atoms with Crippen molar-refractivity contribution >= 4 is 51.5 Å². The van der Waals surface area contributed by atoms with Crippen LogP contribution in [0.5, 0.6) is 0 Å². The van der Waals surface area contributed by atoms with Crippen molar-refractivity contribution in [3.63, 3.8) is 0 Å². The van der Waals surface area contributed by atoms with E-state index in [1.807, 2.05) is 6.08 Å². The van der Waals surface area contributed by atoms with Gasteiger partial charge in [0.2, 0.25) is 0 Å². The number of fused-ring (bicyclic) bond motifs is 2. The number of nitrogens with zero attached hydrogens (tertiary/aromatic N) is 1. The minimum absolute atomic E-state index is 0.162. The third-order valence-corrected chi connectivity index (χ3v) is 8.01. The van der Waals surface area contributed by atoms with Crippen LogP contribution >= 0.6 is 24.0 Å². The summed E-state index contributed by atoms with van der Waals surface area (Å²) in [5.74, 6) is 0.529. The van der Waals surface area contributed by atoms with E-state index in [2.05, 4.69) is 108 Å². The highest BCUT2D eigenvalue weighted by molar-refractivity contribution is 7.80. The predicted octanol–water partition coefficient (Wildman–Crippen LogP) is 8.38. The lowest BCUT2D eigenvalue weighted by atomic mass is 9.89. The quantitative estimate of drug-likeness (QED) is 0.299. The second-order valence-corrected chi connectivity index (χ2v) is 10.00. The monoisotopic (exact) mass is 449 g/mol. The van der Waals surface area contributed by atoms with Crippen molar-refractivity contribution in [3.8, 4) is 0 Å². The highest BCUT2D eigenvalue weighted by atomic mass is 32.1. The second-order valence-electron chi connectivity index (χ2n) is 8.57. The standard InChI is InChI=1S/C29H23NS2/c1-2-20-8-10-24(17-27(20)31)30(25-11-9-21-13-15-32-28(21)18-25)26-12-14-29(19-23(29)16-26)22-6-4-3-5-7-22/h2-18,23,31H,1,19H2. The lowest BCUT2D eigenvalue weighted by molar-refractivity contribution is 0.807. The van der Waals surface area contributed by atoms with E-state index in [4.69, 9.17) is 12.6 Å². The molecule has 2 unspecified atom stereocenters. The molecule has 0 saturated heterocycles. The van der Waals surface area contributed by atoms with Gasteiger partial charge in [-0.15, -0.1) is 24.0 Å². The highest BCUT2D eigenvalue weighted by Gasteiger charge is 2.53. The van der Waals surface area contributed by atoms with E-state index >= 15 is 0 Å². The van der Waals surface area contributed by atoms with E-state index in [-0.39, 0.29) is 5.41 Å². The van der Waals surface area contributed by atoms with Crippen LogP contribution in [0.3, 0.4) is 0 Å². The van der Waals surface area contributed by atoms with E-state index in [9.17, 15) is 0 Å². The Morgan fingerprint density at radius 3 is 2.59 bits per heavy atom. The van der Waals surface area contributed by atoms with Crippen molar-refractivity contribution in [2.45, 2.75) is 16.7 Å². The largest absolute Gasteiger partial charge is 0.311 e. The molecule has 32 heavy (non-hydrogen) atoms. The zero-order chi connectivity index (χ0) is 21.7. The van der Waals surface area contributed by atoms with Crippen LogP contribution in [0.2, 0.25) is 0 Å². The van der Waals surface area contributed by atoms with Crippen molar-refractivity contribution in [3.05, 3.63) is 120 Å². The minimum Gasteiger partial charge on any atom is -0.311 e. The van der Waals surface area contributed by atoms with Crippen LogP contribution in [-0.4, -0.2) is 0 Å². The molecule has 3 heteroatoms. The van der Waals surface area contributed by atoms with Crippen molar-refractivity contribution in [2.24, 2.45) is 5.92 Å². The van der Waals surface area contributed by atoms with Crippen LogP contribution < -0.4 is 4.90 Å². The van der Waals surface area contributed by atoms with Gasteiger partial charge in [-0.05, 0) is 70.6 Å². The van der Waals surface area contributed by atoms with Gasteiger partial charge in [-0.2, -0.15) is 0 Å². The van der Waals surface area contributed by atoms with E-state index in [0.29, 0.717) is 5.92 Å². The molecule has 3 aromatic carbocycles. The summed E-state index contributed by atoms with van der Waals surface area (Å²) in [5.41, 5.74) is 6.12. The van der Waals surface area contributed by atoms with Crippen molar-refractivity contribution in [2.75, 3.05) is 4.90 Å². The van der Waals surface area contributed by atoms with E-state index in [1.54, 1.807) is 11.3 Å². The average molecular weight is 450 g/mol. The summed E-state index contributed by atoms with van der Waals surface area (Å²) in [4.78, 5) is 3.29. The lowest BCUT2D eigenvalue weighted by Crippen LogP contribution is -2.19. The van der Waals surface area contributed by atoms with Crippen LogP contribution in [0, 0.1) is 5.92 Å². The maximum atomic E-state index is 4.72. The topological polar surface area (TPSA) is 3.24 Å². The first-order chi connectivity index (χ1) is 15.7. The van der Waals surface area contributed by atoms with E-state index in [1.165, 1.54) is 33.5 Å². The Labute approximate surface area is 198 Å². The molecule has 1 saturated carbocycles. The zero-order valence-corrected chi connectivity index (χ0v) is 19.3. The molecule has 1 fully saturated rings. The van der Waals surface area contributed by atoms with Crippen LogP contribution in [-0.2, 0) is 5.41 Å². The Hall–Kier alpha value is -3.01. The average Bonchev–Trinajstić information content (AvgIpc) is 3.38. The molecule has 2 atom stereocenters. The molecule has 0 N–H and O–H groups in total. The van der Waals surface area contributed by atoms with Crippen molar-refractivity contribution < 1.29 is 0 Å². The number of hydrogen-bond donors (Lipinski definition) is 1. The van der Waals surface area contributed by atoms with Gasteiger partial charge in [0.05, 0.1) is 0 Å². The van der Waals surface area contributed by atoms with Gasteiger partial charge >= 0.3 is 0 Å². The molecule has 2 aliphatic rings. The summed E-state index contributed by atoms with van der Waals surface area (Å²) < 4.78 is 1.30. The molecule has 0 aliphatic heterocycles. The first-order valence-corrected chi connectivity index (χ1v) is 12.2. The van der Waals surface area contributed by atoms with Gasteiger partial charge in [-0.1, -0.05) is 67.3 Å². The van der Waals surface area contributed by atoms with Crippen LogP contribution in [0.4, 0.5) is 11.4 Å². The molecule has 0 amide bonds. The molecule has 156 valence electrons. The Kier molecular flexibility index (Phi) is 4.63. The molecule has 1 aromatic heterocycles. The number of rotatable bonds is 5. The molecule has 1 heterocycles. The zero-order valence-electron chi connectivity index (χ0n) is 17.6. The fourth-order valence-corrected chi connectivity index (χ4v) is 6.02. The third-order valence-electron chi connectivity index (χ3n) is 6.74. The highest BCUT2D eigenvalue weighted by Crippen LogP contribution is 2.59. The molecule has 2 aliphatic carbocycles. The van der Waals surface area contributed by atoms with Crippen LogP contribution in [0.1, 0.15) is 17.5 Å². The molecule has 6 rings (SSSR count). The van der Waals surface area contributed by atoms with Crippen LogP contribution in [0.25, 0.3) is 16.2 Å². The SMILES string of the molecule is C=Cc1ccc(N(C2=CC3CC3(c3ccccc3)C=C2)c2ccc3ccsc3c2)cc1S. The molecule has 0 spiro atoms. The van der Waals surface area contributed by atoms with Crippen molar-refractivity contribution in [1.29, 1.82) is 0 Å². The number of thiol groups is 1. The number of thiophene rings is 1. The number of benzene rings is 3. The van der Waals surface area contributed by atoms with Crippen LogP contribution in [0.15, 0.2) is 114 Å². The second kappa shape index (κ2) is 7.54. The fraction of sp³-hybridized carbons (Fsp3) is 0.103. The summed E-state index contributed by atoms with van der Waals surface area (Å²) >= 11 is 6.50. The van der Waals surface area contributed by atoms with Gasteiger partial charge in [0.15, 0.2) is 0 Å². The molecular weight excluding hydrogens is 426 g/mol. The van der Waals surface area contributed by atoms with Gasteiger partial charge in [0.1, 0.15) is 0 Å². The molecular formula is C29H23NS2. The van der Waals surface area contributed by atoms with E-state index in [0.717, 1.165) is 16.1 Å². The maximum absolute atomic E-state index is 4.72. The summed E-state index contributed by atoms with van der Waals surface area (Å²) in [6, 6.07) is 26.2. The number of hydrogen-bond acceptors (Lipinski definition) is 3. The van der Waals surface area contributed by atoms with Gasteiger partial charge in [-0.3, -0.25) is 0 Å². The lowest BCUT2D eigenvalue weighted by Gasteiger charge is -2.29. The fourth-order valence-electron chi connectivity index (χ4n) is 4.90. The Bertz CT molecular complexity index is 1400. The first-order valence-electron chi connectivity index (χ1n) is 10.9. The summed E-state index contributed by atoms with van der Waals surface area (Å²) in [6.07, 6.45) is 10.2.